The summed E-state index contributed by atoms with van der Waals surface area (Å²) in [5.74, 6) is -0.191. The zero-order chi connectivity index (χ0) is 17.4. The SMILES string of the molecule is C/C=C(\CNO)NC(=O)c1ccc(-c2ccc(CCC)cc2)cc1. The van der Waals surface area contributed by atoms with Crippen molar-refractivity contribution in [2.24, 2.45) is 0 Å². The van der Waals surface area contributed by atoms with Crippen molar-refractivity contribution in [2.75, 3.05) is 6.54 Å². The van der Waals surface area contributed by atoms with Crippen molar-refractivity contribution in [1.82, 2.24) is 10.8 Å². The molecule has 1 amide bonds. The van der Waals surface area contributed by atoms with Gasteiger partial charge in [-0.1, -0.05) is 55.8 Å². The molecule has 0 aliphatic carbocycles. The predicted molar refractivity (Wildman–Crippen MR) is 96.9 cm³/mol. The lowest BCUT2D eigenvalue weighted by Crippen LogP contribution is -2.28. The highest BCUT2D eigenvalue weighted by molar-refractivity contribution is 5.95. The first-order valence-electron chi connectivity index (χ1n) is 8.20. The van der Waals surface area contributed by atoms with Crippen molar-refractivity contribution in [3.8, 4) is 11.1 Å². The van der Waals surface area contributed by atoms with Gasteiger partial charge in [-0.25, -0.2) is 0 Å². The summed E-state index contributed by atoms with van der Waals surface area (Å²) in [4.78, 5) is 12.2. The summed E-state index contributed by atoms with van der Waals surface area (Å²) in [6.07, 6.45) is 3.98. The number of amides is 1. The number of allylic oxidation sites excluding steroid dienone is 1. The van der Waals surface area contributed by atoms with E-state index in [1.807, 2.05) is 29.7 Å². The second-order valence-electron chi connectivity index (χ2n) is 5.63. The molecule has 0 saturated heterocycles. The molecule has 0 saturated carbocycles. The van der Waals surface area contributed by atoms with Crippen molar-refractivity contribution in [1.29, 1.82) is 0 Å². The second-order valence-corrected chi connectivity index (χ2v) is 5.63. The van der Waals surface area contributed by atoms with Crippen LogP contribution in [0.25, 0.3) is 11.1 Å². The van der Waals surface area contributed by atoms with Crippen LogP contribution in [0.2, 0.25) is 0 Å². The minimum absolute atomic E-state index is 0.191. The molecular formula is C20H24N2O2. The molecule has 0 heterocycles. The highest BCUT2D eigenvalue weighted by Gasteiger charge is 2.07. The molecule has 2 rings (SSSR count). The van der Waals surface area contributed by atoms with Crippen LogP contribution >= 0.6 is 0 Å². The number of hydrogen-bond donors (Lipinski definition) is 3. The lowest BCUT2D eigenvalue weighted by molar-refractivity contribution is 0.0960. The van der Waals surface area contributed by atoms with Gasteiger partial charge in [-0.3, -0.25) is 4.79 Å². The zero-order valence-corrected chi connectivity index (χ0v) is 14.2. The number of benzene rings is 2. The maximum atomic E-state index is 12.2. The van der Waals surface area contributed by atoms with Crippen LogP contribution in [-0.4, -0.2) is 17.7 Å². The number of nitrogens with one attached hydrogen (secondary N) is 2. The number of rotatable bonds is 7. The van der Waals surface area contributed by atoms with E-state index in [0.29, 0.717) is 11.3 Å². The standard InChI is InChI=1S/C20H24N2O2/c1-3-5-15-6-8-16(9-7-15)17-10-12-18(13-11-17)20(23)22-19(4-2)14-21-24/h4,6-13,21,24H,3,5,14H2,1-2H3,(H,22,23)/b19-4+. The van der Waals surface area contributed by atoms with Crippen molar-refractivity contribution in [3.63, 3.8) is 0 Å². The van der Waals surface area contributed by atoms with Gasteiger partial charge in [0, 0.05) is 11.3 Å². The molecule has 0 aromatic heterocycles. The highest BCUT2D eigenvalue weighted by atomic mass is 16.5. The maximum absolute atomic E-state index is 12.2. The van der Waals surface area contributed by atoms with Crippen LogP contribution in [0.1, 0.15) is 36.2 Å². The van der Waals surface area contributed by atoms with Crippen LogP contribution < -0.4 is 10.8 Å². The quantitative estimate of drug-likeness (QED) is 0.677. The summed E-state index contributed by atoms with van der Waals surface area (Å²) in [5, 5.41) is 11.5. The van der Waals surface area contributed by atoms with Crippen LogP contribution in [0, 0.1) is 0 Å². The van der Waals surface area contributed by atoms with Gasteiger partial charge in [-0.2, -0.15) is 5.48 Å². The third kappa shape index (κ3) is 4.78. The molecule has 0 atom stereocenters. The van der Waals surface area contributed by atoms with Gasteiger partial charge in [-0.05, 0) is 42.2 Å². The number of carbonyl (C=O) groups excluding carboxylic acids is 1. The Labute approximate surface area is 143 Å². The average molecular weight is 324 g/mol. The Hall–Kier alpha value is -2.43. The van der Waals surface area contributed by atoms with E-state index in [1.54, 1.807) is 13.0 Å². The summed E-state index contributed by atoms with van der Waals surface area (Å²) in [6, 6.07) is 16.1. The van der Waals surface area contributed by atoms with Gasteiger partial charge in [0.25, 0.3) is 5.91 Å². The molecule has 24 heavy (non-hydrogen) atoms. The molecule has 126 valence electrons. The minimum atomic E-state index is -0.191. The molecule has 0 bridgehead atoms. The van der Waals surface area contributed by atoms with Crippen LogP contribution in [-0.2, 0) is 6.42 Å². The van der Waals surface area contributed by atoms with Crippen molar-refractivity contribution < 1.29 is 10.0 Å². The molecule has 0 fully saturated rings. The van der Waals surface area contributed by atoms with Gasteiger partial charge >= 0.3 is 0 Å². The van der Waals surface area contributed by atoms with E-state index in [9.17, 15) is 4.79 Å². The summed E-state index contributed by atoms with van der Waals surface area (Å²) in [5.41, 5.74) is 6.80. The Morgan fingerprint density at radius 1 is 1.04 bits per heavy atom. The van der Waals surface area contributed by atoms with Gasteiger partial charge in [0.1, 0.15) is 0 Å². The largest absolute Gasteiger partial charge is 0.325 e. The summed E-state index contributed by atoms with van der Waals surface area (Å²) in [6.45, 7) is 4.18. The monoisotopic (exact) mass is 324 g/mol. The first-order chi connectivity index (χ1) is 11.7. The van der Waals surface area contributed by atoms with Gasteiger partial charge < -0.3 is 10.5 Å². The van der Waals surface area contributed by atoms with E-state index < -0.39 is 0 Å². The average Bonchev–Trinajstić information content (AvgIpc) is 2.62. The Morgan fingerprint density at radius 2 is 1.62 bits per heavy atom. The van der Waals surface area contributed by atoms with E-state index >= 15 is 0 Å². The molecule has 3 N–H and O–H groups in total. The van der Waals surface area contributed by atoms with Crippen LogP contribution in [0.3, 0.4) is 0 Å². The molecule has 0 radical (unpaired) electrons. The molecule has 2 aromatic carbocycles. The normalized spacial score (nSPS) is 11.4. The van der Waals surface area contributed by atoms with E-state index in [4.69, 9.17) is 5.21 Å². The number of aryl methyl sites for hydroxylation is 1. The summed E-state index contributed by atoms with van der Waals surface area (Å²) >= 11 is 0. The molecule has 0 unspecified atom stereocenters. The molecule has 0 aliphatic heterocycles. The Kier molecular flexibility index (Phi) is 6.73. The number of carbonyl (C=O) groups is 1. The zero-order valence-electron chi connectivity index (χ0n) is 14.2. The summed E-state index contributed by atoms with van der Waals surface area (Å²) < 4.78 is 0. The lowest BCUT2D eigenvalue weighted by atomic mass is 10.0. The number of hydroxylamine groups is 1. The van der Waals surface area contributed by atoms with Crippen LogP contribution in [0.4, 0.5) is 0 Å². The fourth-order valence-electron chi connectivity index (χ4n) is 2.49. The lowest BCUT2D eigenvalue weighted by Gasteiger charge is -2.09. The topological polar surface area (TPSA) is 61.4 Å². The smallest absolute Gasteiger partial charge is 0.255 e. The van der Waals surface area contributed by atoms with Crippen LogP contribution in [0.15, 0.2) is 60.3 Å². The minimum Gasteiger partial charge on any atom is -0.325 e. The number of hydrogen-bond acceptors (Lipinski definition) is 3. The Balaban J connectivity index is 2.08. The van der Waals surface area contributed by atoms with Crippen molar-refractivity contribution in [3.05, 3.63) is 71.4 Å². The van der Waals surface area contributed by atoms with E-state index in [2.05, 4.69) is 36.5 Å². The third-order valence-corrected chi connectivity index (χ3v) is 3.87. The molecule has 0 aliphatic rings. The second kappa shape index (κ2) is 9.01. The fourth-order valence-corrected chi connectivity index (χ4v) is 2.49. The van der Waals surface area contributed by atoms with Crippen molar-refractivity contribution >= 4 is 5.91 Å². The summed E-state index contributed by atoms with van der Waals surface area (Å²) in [7, 11) is 0. The van der Waals surface area contributed by atoms with Gasteiger partial charge in [-0.15, -0.1) is 0 Å². The van der Waals surface area contributed by atoms with E-state index in [0.717, 1.165) is 24.0 Å². The van der Waals surface area contributed by atoms with Gasteiger partial charge in [0.05, 0.1) is 6.54 Å². The molecule has 0 spiro atoms. The Bertz CT molecular complexity index is 689. The Morgan fingerprint density at radius 3 is 2.12 bits per heavy atom. The molecular weight excluding hydrogens is 300 g/mol. The van der Waals surface area contributed by atoms with E-state index in [-0.39, 0.29) is 12.5 Å². The first-order valence-corrected chi connectivity index (χ1v) is 8.20. The molecule has 4 nitrogen and oxygen atoms in total. The third-order valence-electron chi connectivity index (χ3n) is 3.87. The predicted octanol–water partition coefficient (Wildman–Crippen LogP) is 3.92. The molecule has 4 heteroatoms. The van der Waals surface area contributed by atoms with Crippen LogP contribution in [0.5, 0.6) is 0 Å². The molecule has 2 aromatic rings. The maximum Gasteiger partial charge on any atom is 0.255 e. The van der Waals surface area contributed by atoms with Gasteiger partial charge in [0.15, 0.2) is 0 Å². The van der Waals surface area contributed by atoms with E-state index in [1.165, 1.54) is 5.56 Å². The highest BCUT2D eigenvalue weighted by Crippen LogP contribution is 2.21. The first kappa shape index (κ1) is 17.9. The van der Waals surface area contributed by atoms with Crippen molar-refractivity contribution in [2.45, 2.75) is 26.7 Å². The fraction of sp³-hybridized carbons (Fsp3) is 0.250. The van der Waals surface area contributed by atoms with Gasteiger partial charge in [0.2, 0.25) is 0 Å².